The van der Waals surface area contributed by atoms with E-state index in [9.17, 15) is 13.6 Å². The van der Waals surface area contributed by atoms with Crippen LogP contribution in [0.3, 0.4) is 0 Å². The predicted molar refractivity (Wildman–Crippen MR) is 53.4 cm³/mol. The first-order chi connectivity index (χ1) is 7.52. The Bertz CT molecular complexity index is 413. The number of nitrogens with zero attached hydrogens (tertiary/aromatic N) is 1. The number of nitrogens with two attached hydrogens (primary N) is 1. The smallest absolute Gasteiger partial charge is 0.341 e. The second kappa shape index (κ2) is 5.18. The molecule has 0 saturated carbocycles. The topological polar surface area (TPSA) is 65.2 Å². The maximum Gasteiger partial charge on any atom is 0.341 e. The molecule has 0 unspecified atom stereocenters. The van der Waals surface area contributed by atoms with Crippen molar-refractivity contribution in [2.45, 2.75) is 13.0 Å². The first kappa shape index (κ1) is 12.8. The molecule has 0 atom stereocenters. The van der Waals surface area contributed by atoms with Gasteiger partial charge in [-0.2, -0.15) is 0 Å². The molecule has 4 nitrogen and oxygen atoms in total. The number of ether oxygens (including phenoxy) is 1. The van der Waals surface area contributed by atoms with E-state index >= 15 is 0 Å². The summed E-state index contributed by atoms with van der Waals surface area (Å²) in [5.74, 6) is -0.955. The molecule has 0 radical (unpaired) electrons. The molecule has 2 N–H and O–H groups in total. The summed E-state index contributed by atoms with van der Waals surface area (Å²) in [4.78, 5) is 14.9. The van der Waals surface area contributed by atoms with Gasteiger partial charge in [0.2, 0.25) is 0 Å². The maximum absolute atomic E-state index is 12.8. The molecule has 1 aromatic rings. The van der Waals surface area contributed by atoms with Gasteiger partial charge in [0.25, 0.3) is 6.43 Å². The lowest BCUT2D eigenvalue weighted by molar-refractivity contribution is 0.0588. The van der Waals surface area contributed by atoms with Gasteiger partial charge in [-0.15, -0.1) is 0 Å². The molecule has 7 heteroatoms. The summed E-state index contributed by atoms with van der Waals surface area (Å²) in [6.07, 6.45) is -1.75. The van der Waals surface area contributed by atoms with Crippen LogP contribution in [0.2, 0.25) is 5.15 Å². The quantitative estimate of drug-likeness (QED) is 0.657. The van der Waals surface area contributed by atoms with Gasteiger partial charge in [0.1, 0.15) is 10.7 Å². The summed E-state index contributed by atoms with van der Waals surface area (Å²) >= 11 is 5.59. The van der Waals surface area contributed by atoms with E-state index in [0.717, 1.165) is 13.3 Å². The Morgan fingerprint density at radius 3 is 2.75 bits per heavy atom. The molecule has 0 spiro atoms. The number of carbonyl (C=O) groups excluding carboxylic acids is 1. The zero-order valence-electron chi connectivity index (χ0n) is 8.34. The number of pyridine rings is 1. The number of esters is 1. The van der Waals surface area contributed by atoms with Gasteiger partial charge in [0.05, 0.1) is 7.11 Å². The van der Waals surface area contributed by atoms with Gasteiger partial charge in [-0.25, -0.2) is 18.6 Å². The van der Waals surface area contributed by atoms with Crippen LogP contribution in [0.1, 0.15) is 27.9 Å². The standard InChI is InChI=1S/C9H9ClF2N2O2/c1-16-9(15)6-5(8(11)12)4(2-13)3-14-7(6)10/h3,8H,2,13H2,1H3. The van der Waals surface area contributed by atoms with E-state index in [4.69, 9.17) is 17.3 Å². The normalized spacial score (nSPS) is 10.6. The number of halogens is 3. The Hall–Kier alpha value is -1.27. The Balaban J connectivity index is 3.48. The number of aromatic nitrogens is 1. The fraction of sp³-hybridized carbons (Fsp3) is 0.333. The lowest BCUT2D eigenvalue weighted by Gasteiger charge is -2.12. The highest BCUT2D eigenvalue weighted by atomic mass is 35.5. The third-order valence-corrected chi connectivity index (χ3v) is 2.27. The van der Waals surface area contributed by atoms with Gasteiger partial charge < -0.3 is 10.5 Å². The number of carbonyl (C=O) groups is 1. The molecule has 0 bridgehead atoms. The van der Waals surface area contributed by atoms with Crippen LogP contribution in [0.15, 0.2) is 6.20 Å². The second-order valence-corrected chi connectivity index (χ2v) is 3.22. The van der Waals surface area contributed by atoms with Crippen molar-refractivity contribution < 1.29 is 18.3 Å². The van der Waals surface area contributed by atoms with Crippen molar-refractivity contribution in [1.82, 2.24) is 4.98 Å². The summed E-state index contributed by atoms with van der Waals surface area (Å²) in [7, 11) is 1.07. The van der Waals surface area contributed by atoms with E-state index in [1.807, 2.05) is 0 Å². The van der Waals surface area contributed by atoms with Crippen molar-refractivity contribution in [1.29, 1.82) is 0 Å². The molecular weight excluding hydrogens is 242 g/mol. The third kappa shape index (κ3) is 2.28. The van der Waals surface area contributed by atoms with Gasteiger partial charge in [-0.05, 0) is 5.56 Å². The molecule has 1 rings (SSSR count). The number of rotatable bonds is 3. The molecule has 88 valence electrons. The van der Waals surface area contributed by atoms with E-state index in [-0.39, 0.29) is 17.3 Å². The molecule has 0 aliphatic carbocycles. The van der Waals surface area contributed by atoms with Gasteiger partial charge >= 0.3 is 5.97 Å². The van der Waals surface area contributed by atoms with Crippen LogP contribution in [0.5, 0.6) is 0 Å². The molecule has 0 saturated heterocycles. The van der Waals surface area contributed by atoms with Gasteiger partial charge in [-0.3, -0.25) is 0 Å². The minimum Gasteiger partial charge on any atom is -0.465 e. The highest BCUT2D eigenvalue weighted by molar-refractivity contribution is 6.32. The highest BCUT2D eigenvalue weighted by Crippen LogP contribution is 2.30. The van der Waals surface area contributed by atoms with E-state index in [2.05, 4.69) is 9.72 Å². The Morgan fingerprint density at radius 2 is 2.31 bits per heavy atom. The first-order valence-corrected chi connectivity index (χ1v) is 4.64. The highest BCUT2D eigenvalue weighted by Gasteiger charge is 2.26. The zero-order chi connectivity index (χ0) is 12.3. The van der Waals surface area contributed by atoms with Crippen molar-refractivity contribution in [3.05, 3.63) is 28.0 Å². The first-order valence-electron chi connectivity index (χ1n) is 4.26. The van der Waals surface area contributed by atoms with Crippen LogP contribution in [0.4, 0.5) is 8.78 Å². The average molecular weight is 251 g/mol. The molecular formula is C9H9ClF2N2O2. The van der Waals surface area contributed by atoms with Crippen molar-refractivity contribution in [2.24, 2.45) is 5.73 Å². The zero-order valence-corrected chi connectivity index (χ0v) is 9.09. The van der Waals surface area contributed by atoms with Crippen molar-refractivity contribution >= 4 is 17.6 Å². The minimum absolute atomic E-state index is 0.0693. The fourth-order valence-electron chi connectivity index (χ4n) is 1.25. The number of hydrogen-bond donors (Lipinski definition) is 1. The summed E-state index contributed by atoms with van der Waals surface area (Å²) in [6.45, 7) is -0.159. The number of alkyl halides is 2. The summed E-state index contributed by atoms with van der Waals surface area (Å²) in [6, 6.07) is 0. The fourth-order valence-corrected chi connectivity index (χ4v) is 1.48. The van der Waals surface area contributed by atoms with E-state index in [0.29, 0.717) is 0 Å². The average Bonchev–Trinajstić information content (AvgIpc) is 2.27. The molecule has 0 aliphatic rings. The SMILES string of the molecule is COC(=O)c1c(Cl)ncc(CN)c1C(F)F. The van der Waals surface area contributed by atoms with Crippen LogP contribution in [0.25, 0.3) is 0 Å². The van der Waals surface area contributed by atoms with Gasteiger partial charge in [0.15, 0.2) is 0 Å². The predicted octanol–water partition coefficient (Wildman–Crippen LogP) is 1.92. The second-order valence-electron chi connectivity index (χ2n) is 2.86. The number of methoxy groups -OCH3 is 1. The van der Waals surface area contributed by atoms with Crippen LogP contribution < -0.4 is 5.73 Å². The molecule has 16 heavy (non-hydrogen) atoms. The molecule has 1 aromatic heterocycles. The van der Waals surface area contributed by atoms with Gasteiger partial charge in [-0.1, -0.05) is 11.6 Å². The Labute approximate surface area is 95.4 Å². The minimum atomic E-state index is -2.87. The summed E-state index contributed by atoms with van der Waals surface area (Å²) < 4.78 is 30.0. The lowest BCUT2D eigenvalue weighted by atomic mass is 10.0. The van der Waals surface area contributed by atoms with Crippen molar-refractivity contribution in [3.8, 4) is 0 Å². The molecule has 1 heterocycles. The molecule has 0 fully saturated rings. The van der Waals surface area contributed by atoms with Crippen LogP contribution in [0, 0.1) is 0 Å². The summed E-state index contributed by atoms with van der Waals surface area (Å²) in [5.41, 5.74) is 4.40. The van der Waals surface area contributed by atoms with E-state index in [1.165, 1.54) is 0 Å². The molecule has 0 amide bonds. The monoisotopic (exact) mass is 250 g/mol. The largest absolute Gasteiger partial charge is 0.465 e. The van der Waals surface area contributed by atoms with E-state index in [1.54, 1.807) is 0 Å². The third-order valence-electron chi connectivity index (χ3n) is 1.98. The van der Waals surface area contributed by atoms with Crippen LogP contribution >= 0.6 is 11.6 Å². The van der Waals surface area contributed by atoms with Crippen molar-refractivity contribution in [2.75, 3.05) is 7.11 Å². The Morgan fingerprint density at radius 1 is 1.69 bits per heavy atom. The maximum atomic E-state index is 12.8. The Kier molecular flexibility index (Phi) is 4.14. The molecule has 0 aromatic carbocycles. The van der Waals surface area contributed by atoms with Crippen LogP contribution in [-0.2, 0) is 11.3 Å². The lowest BCUT2D eigenvalue weighted by Crippen LogP contribution is -2.13. The van der Waals surface area contributed by atoms with Crippen LogP contribution in [-0.4, -0.2) is 18.1 Å². The van der Waals surface area contributed by atoms with E-state index < -0.39 is 23.5 Å². The van der Waals surface area contributed by atoms with Crippen molar-refractivity contribution in [3.63, 3.8) is 0 Å². The molecule has 0 aliphatic heterocycles. The number of hydrogen-bond acceptors (Lipinski definition) is 4. The van der Waals surface area contributed by atoms with Gasteiger partial charge in [0, 0.05) is 18.3 Å². The summed E-state index contributed by atoms with van der Waals surface area (Å²) in [5, 5.41) is -0.320.